The third-order valence-corrected chi connectivity index (χ3v) is 5.27. The summed E-state index contributed by atoms with van der Waals surface area (Å²) in [5, 5.41) is 3.84. The largest absolute Gasteiger partial charge is 0.371 e. The Hall–Kier alpha value is -3.02. The highest BCUT2D eigenvalue weighted by molar-refractivity contribution is 5.92. The predicted molar refractivity (Wildman–Crippen MR) is 107 cm³/mol. The van der Waals surface area contributed by atoms with Crippen molar-refractivity contribution < 1.29 is 9.18 Å². The molecular weight excluding hydrogens is 355 g/mol. The third kappa shape index (κ3) is 3.96. The molecule has 0 bridgehead atoms. The summed E-state index contributed by atoms with van der Waals surface area (Å²) in [4.78, 5) is 23.3. The Kier molecular flexibility index (Phi) is 5.19. The number of halogens is 1. The number of aryl methyl sites for hydroxylation is 1. The number of nitrogens with zero attached hydrogens (tertiary/aromatic N) is 3. The number of pyridine rings is 2. The first kappa shape index (κ1) is 18.3. The Morgan fingerprint density at radius 3 is 2.82 bits per heavy atom. The van der Waals surface area contributed by atoms with Crippen LogP contribution >= 0.6 is 0 Å². The second kappa shape index (κ2) is 7.92. The number of carbonyl (C=O) groups excluding carboxylic acids is 1. The molecule has 4 rings (SSSR count). The van der Waals surface area contributed by atoms with Crippen molar-refractivity contribution in [2.24, 2.45) is 5.92 Å². The van der Waals surface area contributed by atoms with Crippen molar-refractivity contribution in [3.8, 4) is 0 Å². The Morgan fingerprint density at radius 1 is 1.25 bits per heavy atom. The molecule has 1 aliphatic rings. The second-order valence-electron chi connectivity index (χ2n) is 7.28. The first-order valence-corrected chi connectivity index (χ1v) is 9.58. The molecule has 144 valence electrons. The summed E-state index contributed by atoms with van der Waals surface area (Å²) in [7, 11) is 0. The number of piperidine rings is 1. The summed E-state index contributed by atoms with van der Waals surface area (Å²) in [5.41, 5.74) is 3.70. The summed E-state index contributed by atoms with van der Waals surface area (Å²) >= 11 is 0. The van der Waals surface area contributed by atoms with E-state index < -0.39 is 0 Å². The van der Waals surface area contributed by atoms with Crippen LogP contribution in [0.5, 0.6) is 0 Å². The fraction of sp³-hybridized carbons (Fsp3) is 0.318. The van der Waals surface area contributed by atoms with E-state index in [-0.39, 0.29) is 17.6 Å². The van der Waals surface area contributed by atoms with Crippen LogP contribution in [0.15, 0.2) is 48.8 Å². The van der Waals surface area contributed by atoms with Crippen molar-refractivity contribution in [1.29, 1.82) is 0 Å². The van der Waals surface area contributed by atoms with Crippen LogP contribution in [0.3, 0.4) is 0 Å². The molecule has 5 nitrogen and oxygen atoms in total. The number of fused-ring (bicyclic) bond motifs is 1. The smallest absolute Gasteiger partial charge is 0.223 e. The average Bonchev–Trinajstić information content (AvgIpc) is 2.72. The maximum Gasteiger partial charge on any atom is 0.223 e. The number of amides is 1. The van der Waals surface area contributed by atoms with Gasteiger partial charge in [-0.15, -0.1) is 0 Å². The molecule has 0 saturated carbocycles. The lowest BCUT2D eigenvalue weighted by Crippen LogP contribution is -2.40. The van der Waals surface area contributed by atoms with Crippen molar-refractivity contribution >= 4 is 22.5 Å². The van der Waals surface area contributed by atoms with Gasteiger partial charge in [0, 0.05) is 54.7 Å². The highest BCUT2D eigenvalue weighted by atomic mass is 19.1. The lowest BCUT2D eigenvalue weighted by Gasteiger charge is -2.33. The minimum absolute atomic E-state index is 0.00106. The fourth-order valence-corrected chi connectivity index (χ4v) is 3.79. The third-order valence-electron chi connectivity index (χ3n) is 5.27. The van der Waals surface area contributed by atoms with Crippen molar-refractivity contribution in [2.75, 3.05) is 18.0 Å². The fourth-order valence-electron chi connectivity index (χ4n) is 3.79. The van der Waals surface area contributed by atoms with Crippen molar-refractivity contribution in [1.82, 2.24) is 15.3 Å². The number of aromatic nitrogens is 2. The van der Waals surface area contributed by atoms with Crippen LogP contribution in [0, 0.1) is 18.7 Å². The van der Waals surface area contributed by atoms with Crippen molar-refractivity contribution in [2.45, 2.75) is 26.3 Å². The van der Waals surface area contributed by atoms with Crippen LogP contribution in [-0.2, 0) is 11.3 Å². The molecule has 28 heavy (non-hydrogen) atoms. The number of benzene rings is 1. The molecule has 0 radical (unpaired) electrons. The van der Waals surface area contributed by atoms with Crippen LogP contribution in [0.4, 0.5) is 10.1 Å². The first-order chi connectivity index (χ1) is 13.6. The van der Waals surface area contributed by atoms with Gasteiger partial charge in [-0.3, -0.25) is 14.8 Å². The minimum atomic E-state index is -0.260. The molecule has 0 unspecified atom stereocenters. The highest BCUT2D eigenvalue weighted by Crippen LogP contribution is 2.31. The molecular formula is C22H23FN4O. The molecule has 6 heteroatoms. The summed E-state index contributed by atoms with van der Waals surface area (Å²) in [6, 6.07) is 10.5. The van der Waals surface area contributed by atoms with E-state index in [0.717, 1.165) is 53.8 Å². The van der Waals surface area contributed by atoms with Gasteiger partial charge in [-0.25, -0.2) is 4.39 Å². The van der Waals surface area contributed by atoms with Gasteiger partial charge < -0.3 is 10.2 Å². The van der Waals surface area contributed by atoms with Crippen molar-refractivity contribution in [3.63, 3.8) is 0 Å². The number of anilines is 1. The Bertz CT molecular complexity index is 984. The zero-order valence-electron chi connectivity index (χ0n) is 15.9. The van der Waals surface area contributed by atoms with Gasteiger partial charge in [0.05, 0.1) is 5.52 Å². The van der Waals surface area contributed by atoms with E-state index in [9.17, 15) is 9.18 Å². The van der Waals surface area contributed by atoms with Crippen LogP contribution < -0.4 is 10.2 Å². The summed E-state index contributed by atoms with van der Waals surface area (Å²) in [5.74, 6) is -0.173. The van der Waals surface area contributed by atoms with Crippen LogP contribution in [0.25, 0.3) is 10.9 Å². The molecule has 1 amide bonds. The van der Waals surface area contributed by atoms with Gasteiger partial charge in [-0.2, -0.15) is 0 Å². The topological polar surface area (TPSA) is 58.1 Å². The Balaban J connectivity index is 1.42. The van der Waals surface area contributed by atoms with Gasteiger partial charge in [0.15, 0.2) is 0 Å². The van der Waals surface area contributed by atoms with Gasteiger partial charge in [-0.05, 0) is 55.7 Å². The van der Waals surface area contributed by atoms with E-state index in [1.54, 1.807) is 24.5 Å². The number of hydrogen-bond acceptors (Lipinski definition) is 4. The van der Waals surface area contributed by atoms with Gasteiger partial charge in [0.25, 0.3) is 0 Å². The average molecular weight is 378 g/mol. The SMILES string of the molecule is Cc1cc(N2CCC(C(=O)NCc3cccnc3)CC2)c2cc(F)ccc2n1. The van der Waals surface area contributed by atoms with Gasteiger partial charge >= 0.3 is 0 Å². The standard InChI is InChI=1S/C22H23FN4O/c1-15-11-21(19-12-18(23)4-5-20(19)26-15)27-9-6-17(7-10-27)22(28)25-14-16-3-2-8-24-13-16/h2-5,8,11-13,17H,6-7,9-10,14H2,1H3,(H,25,28). The lowest BCUT2D eigenvalue weighted by molar-refractivity contribution is -0.125. The lowest BCUT2D eigenvalue weighted by atomic mass is 9.95. The molecule has 0 aliphatic carbocycles. The normalized spacial score (nSPS) is 15.0. The molecule has 3 heterocycles. The zero-order valence-corrected chi connectivity index (χ0v) is 15.9. The number of carbonyl (C=O) groups is 1. The first-order valence-electron chi connectivity index (χ1n) is 9.58. The van der Waals surface area contributed by atoms with E-state index in [4.69, 9.17) is 0 Å². The monoisotopic (exact) mass is 378 g/mol. The Morgan fingerprint density at radius 2 is 2.07 bits per heavy atom. The number of rotatable bonds is 4. The Labute approximate surface area is 163 Å². The molecule has 1 N–H and O–H groups in total. The van der Waals surface area contributed by atoms with E-state index in [2.05, 4.69) is 20.2 Å². The van der Waals surface area contributed by atoms with Gasteiger partial charge in [0.2, 0.25) is 5.91 Å². The molecule has 1 aromatic carbocycles. The number of nitrogens with one attached hydrogen (secondary N) is 1. The predicted octanol–water partition coefficient (Wildman–Crippen LogP) is 3.61. The molecule has 2 aromatic heterocycles. The molecule has 3 aromatic rings. The quantitative estimate of drug-likeness (QED) is 0.754. The molecule has 1 aliphatic heterocycles. The highest BCUT2D eigenvalue weighted by Gasteiger charge is 2.26. The van der Waals surface area contributed by atoms with Crippen LogP contribution in [-0.4, -0.2) is 29.0 Å². The minimum Gasteiger partial charge on any atom is -0.371 e. The number of hydrogen-bond donors (Lipinski definition) is 1. The zero-order chi connectivity index (χ0) is 19.5. The molecule has 0 atom stereocenters. The summed E-state index contributed by atoms with van der Waals surface area (Å²) in [6.45, 7) is 3.98. The summed E-state index contributed by atoms with van der Waals surface area (Å²) in [6.07, 6.45) is 5.03. The molecule has 0 spiro atoms. The van der Waals surface area contributed by atoms with Crippen LogP contribution in [0.1, 0.15) is 24.1 Å². The van der Waals surface area contributed by atoms with E-state index in [1.807, 2.05) is 25.1 Å². The maximum atomic E-state index is 13.8. The second-order valence-corrected chi connectivity index (χ2v) is 7.28. The molecule has 1 fully saturated rings. The van der Waals surface area contributed by atoms with Gasteiger partial charge in [0.1, 0.15) is 5.82 Å². The summed E-state index contributed by atoms with van der Waals surface area (Å²) < 4.78 is 13.8. The molecule has 1 saturated heterocycles. The van der Waals surface area contributed by atoms with Crippen molar-refractivity contribution in [3.05, 3.63) is 65.9 Å². The van der Waals surface area contributed by atoms with Crippen LogP contribution in [0.2, 0.25) is 0 Å². The maximum absolute atomic E-state index is 13.8. The van der Waals surface area contributed by atoms with Gasteiger partial charge in [-0.1, -0.05) is 6.07 Å². The van der Waals surface area contributed by atoms with E-state index >= 15 is 0 Å². The van der Waals surface area contributed by atoms with E-state index in [0.29, 0.717) is 6.54 Å². The van der Waals surface area contributed by atoms with E-state index in [1.165, 1.54) is 6.07 Å².